The number of hydrogen-bond donors (Lipinski definition) is 0. The zero-order valence-corrected chi connectivity index (χ0v) is 44.7. The van der Waals surface area contributed by atoms with Gasteiger partial charge in [-0.2, -0.15) is 0 Å². The Labute approximate surface area is 455 Å². The Bertz CT molecular complexity index is 4200. The van der Waals surface area contributed by atoms with Crippen molar-refractivity contribution in [2.45, 2.75) is 47.0 Å². The fraction of sp³-hybridized carbons (Fsp3) is 0.0959. The highest BCUT2D eigenvalue weighted by Crippen LogP contribution is 2.58. The Balaban J connectivity index is 1.00. The van der Waals surface area contributed by atoms with E-state index in [1.54, 1.807) is 0 Å². The van der Waals surface area contributed by atoms with Crippen LogP contribution in [0.4, 0.5) is 51.2 Å². The molecule has 1 aliphatic heterocycles. The lowest BCUT2D eigenvalue weighted by atomic mass is 9.62. The summed E-state index contributed by atoms with van der Waals surface area (Å²) in [6, 6.07) is 86.5. The molecule has 0 radical (unpaired) electrons. The van der Waals surface area contributed by atoms with Crippen molar-refractivity contribution in [3.05, 3.63) is 292 Å². The topological polar surface area (TPSA) is 36.0 Å². The number of aryl methyl sites for hydroxylation is 6. The monoisotopic (exact) mass is 1010 g/mol. The fourth-order valence-electron chi connectivity index (χ4n) is 12.6. The van der Waals surface area contributed by atoms with Crippen molar-refractivity contribution >= 4 is 95.1 Å². The molecule has 3 heterocycles. The third kappa shape index (κ3) is 7.22. The number of para-hydroxylation sites is 7. The second kappa shape index (κ2) is 18.3. The first-order valence-corrected chi connectivity index (χ1v) is 27.0. The van der Waals surface area contributed by atoms with Gasteiger partial charge >= 0.3 is 0 Å². The Morgan fingerprint density at radius 1 is 0.321 bits per heavy atom. The van der Waals surface area contributed by atoms with Gasteiger partial charge in [0.25, 0.3) is 0 Å². The van der Waals surface area contributed by atoms with E-state index in [0.717, 1.165) is 106 Å². The second-order valence-corrected chi connectivity index (χ2v) is 21.2. The average molecular weight is 1010 g/mol. The Morgan fingerprint density at radius 2 is 0.705 bits per heavy atom. The molecule has 0 N–H and O–H groups in total. The summed E-state index contributed by atoms with van der Waals surface area (Å²) in [7, 11) is 0. The molecule has 0 atom stereocenters. The van der Waals surface area contributed by atoms with Gasteiger partial charge in [-0.15, -0.1) is 0 Å². The van der Waals surface area contributed by atoms with Gasteiger partial charge in [0.1, 0.15) is 11.2 Å². The molecule has 0 unspecified atom stereocenters. The van der Waals surface area contributed by atoms with Crippen LogP contribution in [0.15, 0.2) is 245 Å². The summed E-state index contributed by atoms with van der Waals surface area (Å²) in [6.45, 7) is 13.2. The van der Waals surface area contributed by atoms with E-state index in [-0.39, 0.29) is 0 Å². The highest BCUT2D eigenvalue weighted by atomic mass is 16.3. The molecule has 376 valence electrons. The SMILES string of the molecule is Cc1cc(C)c(N(c2ccc(C3(c4ccc(N(c5cc(C)c(C)cc5C)c5cccc6c5oc5ccccc56)cc4)c4ccccc4N(c4ccccc4)c4ccccc43)cc2)c2cccc3c2oc2ccccc23)cc1C. The summed E-state index contributed by atoms with van der Waals surface area (Å²) in [5, 5.41) is 4.39. The molecular weight excluding hydrogens is 951 g/mol. The van der Waals surface area contributed by atoms with Crippen LogP contribution < -0.4 is 14.7 Å². The van der Waals surface area contributed by atoms with E-state index < -0.39 is 5.41 Å². The van der Waals surface area contributed by atoms with E-state index in [0.29, 0.717) is 0 Å². The molecule has 0 aliphatic carbocycles. The molecule has 0 saturated carbocycles. The van der Waals surface area contributed by atoms with Crippen LogP contribution in [-0.2, 0) is 5.41 Å². The van der Waals surface area contributed by atoms with E-state index in [1.807, 2.05) is 12.1 Å². The average Bonchev–Trinajstić information content (AvgIpc) is 4.06. The Morgan fingerprint density at radius 3 is 1.17 bits per heavy atom. The van der Waals surface area contributed by atoms with Crippen LogP contribution >= 0.6 is 0 Å². The van der Waals surface area contributed by atoms with Crippen molar-refractivity contribution in [3.63, 3.8) is 0 Å². The number of furan rings is 2. The van der Waals surface area contributed by atoms with Crippen LogP contribution in [0.5, 0.6) is 0 Å². The third-order valence-corrected chi connectivity index (χ3v) is 16.6. The number of rotatable bonds is 9. The minimum absolute atomic E-state index is 0.768. The molecule has 13 aromatic rings. The fourth-order valence-corrected chi connectivity index (χ4v) is 12.6. The lowest BCUT2D eigenvalue weighted by Gasteiger charge is -2.46. The molecule has 0 saturated heterocycles. The van der Waals surface area contributed by atoms with Gasteiger partial charge in [0.2, 0.25) is 0 Å². The zero-order chi connectivity index (χ0) is 52.8. The molecule has 78 heavy (non-hydrogen) atoms. The first-order valence-electron chi connectivity index (χ1n) is 27.0. The summed E-state index contributed by atoms with van der Waals surface area (Å²) in [6.07, 6.45) is 0. The highest BCUT2D eigenvalue weighted by Gasteiger charge is 2.46. The largest absolute Gasteiger partial charge is 0.454 e. The number of anilines is 9. The van der Waals surface area contributed by atoms with Crippen molar-refractivity contribution in [2.24, 2.45) is 0 Å². The van der Waals surface area contributed by atoms with Gasteiger partial charge in [-0.05, 0) is 182 Å². The summed E-state index contributed by atoms with van der Waals surface area (Å²) in [5.74, 6) is 0. The molecule has 0 bridgehead atoms. The minimum Gasteiger partial charge on any atom is -0.454 e. The maximum Gasteiger partial charge on any atom is 0.159 e. The maximum absolute atomic E-state index is 6.80. The first-order chi connectivity index (χ1) is 38.2. The molecular formula is C73H57N3O2. The molecule has 11 aromatic carbocycles. The van der Waals surface area contributed by atoms with E-state index in [1.165, 1.54) is 44.5 Å². The van der Waals surface area contributed by atoms with Crippen molar-refractivity contribution < 1.29 is 8.83 Å². The van der Waals surface area contributed by atoms with Crippen LogP contribution in [-0.4, -0.2) is 0 Å². The number of hydrogen-bond acceptors (Lipinski definition) is 5. The summed E-state index contributed by atoms with van der Waals surface area (Å²) in [5.41, 5.74) is 24.4. The highest BCUT2D eigenvalue weighted by molar-refractivity contribution is 6.11. The predicted octanol–water partition coefficient (Wildman–Crippen LogP) is 20.4. The maximum atomic E-state index is 6.80. The summed E-state index contributed by atoms with van der Waals surface area (Å²) >= 11 is 0. The smallest absolute Gasteiger partial charge is 0.159 e. The molecule has 5 heteroatoms. The first kappa shape index (κ1) is 46.9. The lowest BCUT2D eigenvalue weighted by molar-refractivity contribution is 0.668. The van der Waals surface area contributed by atoms with Gasteiger partial charge in [0.05, 0.1) is 28.2 Å². The van der Waals surface area contributed by atoms with E-state index in [4.69, 9.17) is 8.83 Å². The van der Waals surface area contributed by atoms with Crippen molar-refractivity contribution in [1.29, 1.82) is 0 Å². The Kier molecular flexibility index (Phi) is 11.0. The molecule has 1 aliphatic rings. The van der Waals surface area contributed by atoms with E-state index >= 15 is 0 Å². The minimum atomic E-state index is -0.768. The van der Waals surface area contributed by atoms with Crippen molar-refractivity contribution in [2.75, 3.05) is 14.7 Å². The molecule has 0 spiro atoms. The summed E-state index contributed by atoms with van der Waals surface area (Å²) in [4.78, 5) is 7.22. The number of fused-ring (bicyclic) bond motifs is 8. The van der Waals surface area contributed by atoms with Gasteiger partial charge in [-0.1, -0.05) is 152 Å². The standard InChI is InChI=1S/C73H57N3O2/c1-46-42-50(5)67(44-48(46)3)75(65-30-18-24-59-57-22-10-16-32-69(57)77-71(59)65)55-38-34-52(35-39-55)73(61-26-12-14-28-63(61)74(54-20-8-7-9-21-54)64-29-15-13-27-62(64)73)53-36-40-56(41-37-53)76(68-45-49(4)47(2)43-51(68)6)66-31-19-25-60-58-23-11-17-33-70(58)78-72(60)66/h7-45H,1-6H3. The molecule has 0 fully saturated rings. The van der Waals surface area contributed by atoms with Crippen LogP contribution in [0.25, 0.3) is 43.9 Å². The van der Waals surface area contributed by atoms with E-state index in [2.05, 4.69) is 281 Å². The van der Waals surface area contributed by atoms with Crippen LogP contribution in [0, 0.1) is 41.5 Å². The quantitative estimate of drug-likeness (QED) is 0.144. The lowest BCUT2D eigenvalue weighted by Crippen LogP contribution is -2.37. The third-order valence-electron chi connectivity index (χ3n) is 16.6. The van der Waals surface area contributed by atoms with Crippen molar-refractivity contribution in [1.82, 2.24) is 0 Å². The second-order valence-electron chi connectivity index (χ2n) is 21.2. The number of benzene rings is 11. The van der Waals surface area contributed by atoms with Crippen molar-refractivity contribution in [3.8, 4) is 0 Å². The molecule has 0 amide bonds. The van der Waals surface area contributed by atoms with Gasteiger partial charge in [-0.25, -0.2) is 0 Å². The molecule has 5 nitrogen and oxygen atoms in total. The van der Waals surface area contributed by atoms with Gasteiger partial charge in [-0.3, -0.25) is 0 Å². The van der Waals surface area contributed by atoms with Crippen LogP contribution in [0.1, 0.15) is 55.6 Å². The normalized spacial score (nSPS) is 12.8. The van der Waals surface area contributed by atoms with Gasteiger partial charge in [0, 0.05) is 50.0 Å². The van der Waals surface area contributed by atoms with Crippen LogP contribution in [0.2, 0.25) is 0 Å². The van der Waals surface area contributed by atoms with Gasteiger partial charge in [0.15, 0.2) is 11.2 Å². The van der Waals surface area contributed by atoms with Crippen LogP contribution in [0.3, 0.4) is 0 Å². The Hall–Kier alpha value is -9.58. The summed E-state index contributed by atoms with van der Waals surface area (Å²) < 4.78 is 13.6. The zero-order valence-electron chi connectivity index (χ0n) is 44.7. The number of nitrogens with zero attached hydrogens (tertiary/aromatic N) is 3. The molecule has 2 aromatic heterocycles. The predicted molar refractivity (Wildman–Crippen MR) is 325 cm³/mol. The molecule has 14 rings (SSSR count). The van der Waals surface area contributed by atoms with E-state index in [9.17, 15) is 0 Å². The van der Waals surface area contributed by atoms with Gasteiger partial charge < -0.3 is 23.5 Å².